The van der Waals surface area contributed by atoms with Crippen molar-refractivity contribution in [3.63, 3.8) is 0 Å². The van der Waals surface area contributed by atoms with E-state index in [1.165, 1.54) is 12.1 Å². The van der Waals surface area contributed by atoms with Crippen molar-refractivity contribution in [1.29, 1.82) is 0 Å². The number of sulfonamides is 1. The van der Waals surface area contributed by atoms with E-state index in [9.17, 15) is 13.5 Å². The summed E-state index contributed by atoms with van der Waals surface area (Å²) in [5.74, 6) is 0. The molecule has 0 heterocycles. The van der Waals surface area contributed by atoms with E-state index in [1.807, 2.05) is 18.2 Å². The normalized spacial score (nSPS) is 14.5. The lowest BCUT2D eigenvalue weighted by atomic mass is 10.0. The molecule has 0 spiro atoms. The predicted molar refractivity (Wildman–Crippen MR) is 87.3 cm³/mol. The second-order valence-electron chi connectivity index (χ2n) is 5.11. The van der Waals surface area contributed by atoms with Gasteiger partial charge in [0.05, 0.1) is 11.1 Å². The molecule has 118 valence electrons. The van der Waals surface area contributed by atoms with Gasteiger partial charge in [-0.25, -0.2) is 13.1 Å². The Kier molecular flexibility index (Phi) is 5.58. The van der Waals surface area contributed by atoms with Crippen LogP contribution in [0.3, 0.4) is 0 Å². The van der Waals surface area contributed by atoms with Gasteiger partial charge in [-0.15, -0.1) is 0 Å². The SMILES string of the molecule is CC(CC(O)c1ccccc1)NS(=O)(=O)c1ccccc1Cl. The van der Waals surface area contributed by atoms with Crippen LogP contribution >= 0.6 is 11.6 Å². The second-order valence-corrected chi connectivity index (χ2v) is 7.20. The second kappa shape index (κ2) is 7.24. The third kappa shape index (κ3) is 4.30. The molecule has 0 aliphatic heterocycles. The van der Waals surface area contributed by atoms with Crippen LogP contribution in [0.4, 0.5) is 0 Å². The number of halogens is 1. The molecule has 0 fully saturated rings. The lowest BCUT2D eigenvalue weighted by Gasteiger charge is -2.18. The van der Waals surface area contributed by atoms with Crippen molar-refractivity contribution in [1.82, 2.24) is 4.72 Å². The smallest absolute Gasteiger partial charge is 0.242 e. The van der Waals surface area contributed by atoms with Gasteiger partial charge in [-0.3, -0.25) is 0 Å². The molecule has 0 aliphatic carbocycles. The van der Waals surface area contributed by atoms with E-state index in [1.54, 1.807) is 31.2 Å². The average Bonchev–Trinajstić information content (AvgIpc) is 2.47. The minimum Gasteiger partial charge on any atom is -0.388 e. The number of hydrogen-bond donors (Lipinski definition) is 2. The summed E-state index contributed by atoms with van der Waals surface area (Å²) in [7, 11) is -3.71. The van der Waals surface area contributed by atoms with E-state index in [0.717, 1.165) is 5.56 Å². The van der Waals surface area contributed by atoms with Crippen molar-refractivity contribution in [3.8, 4) is 0 Å². The highest BCUT2D eigenvalue weighted by Gasteiger charge is 2.21. The van der Waals surface area contributed by atoms with Gasteiger partial charge < -0.3 is 5.11 Å². The van der Waals surface area contributed by atoms with Crippen LogP contribution in [0.5, 0.6) is 0 Å². The standard InChI is InChI=1S/C16H18ClNO3S/c1-12(11-15(19)13-7-3-2-4-8-13)18-22(20,21)16-10-6-5-9-14(16)17/h2-10,12,15,18-19H,11H2,1H3. The van der Waals surface area contributed by atoms with Gasteiger partial charge in [-0.05, 0) is 31.0 Å². The lowest BCUT2D eigenvalue weighted by molar-refractivity contribution is 0.158. The summed E-state index contributed by atoms with van der Waals surface area (Å²) in [6.07, 6.45) is -0.460. The molecule has 0 saturated carbocycles. The Labute approximate surface area is 135 Å². The molecular formula is C16H18ClNO3S. The Bertz CT molecular complexity index is 719. The van der Waals surface area contributed by atoms with E-state index in [0.29, 0.717) is 0 Å². The Balaban J connectivity index is 2.05. The van der Waals surface area contributed by atoms with Crippen LogP contribution in [-0.2, 0) is 10.0 Å². The Morgan fingerprint density at radius 2 is 1.68 bits per heavy atom. The fourth-order valence-corrected chi connectivity index (χ4v) is 3.96. The maximum atomic E-state index is 12.3. The van der Waals surface area contributed by atoms with Gasteiger partial charge in [0.25, 0.3) is 0 Å². The molecule has 0 bridgehead atoms. The highest BCUT2D eigenvalue weighted by Crippen LogP contribution is 2.22. The Morgan fingerprint density at radius 3 is 2.32 bits per heavy atom. The van der Waals surface area contributed by atoms with Crippen LogP contribution in [0.2, 0.25) is 5.02 Å². The third-order valence-electron chi connectivity index (χ3n) is 3.24. The number of rotatable bonds is 6. The first-order chi connectivity index (χ1) is 10.4. The molecule has 0 saturated heterocycles. The van der Waals surface area contributed by atoms with Gasteiger partial charge in [0.2, 0.25) is 10.0 Å². The summed E-state index contributed by atoms with van der Waals surface area (Å²) in [5.41, 5.74) is 0.756. The fourth-order valence-electron chi connectivity index (χ4n) is 2.19. The van der Waals surface area contributed by atoms with Crippen LogP contribution in [0.15, 0.2) is 59.5 Å². The fraction of sp³-hybridized carbons (Fsp3) is 0.250. The van der Waals surface area contributed by atoms with Crippen LogP contribution in [0, 0.1) is 0 Å². The maximum Gasteiger partial charge on any atom is 0.242 e. The molecule has 22 heavy (non-hydrogen) atoms. The molecule has 0 aromatic heterocycles. The zero-order valence-corrected chi connectivity index (χ0v) is 13.7. The van der Waals surface area contributed by atoms with Crippen molar-refractivity contribution in [3.05, 3.63) is 65.2 Å². The molecule has 6 heteroatoms. The monoisotopic (exact) mass is 339 g/mol. The Hall–Kier alpha value is -1.40. The number of aliphatic hydroxyl groups excluding tert-OH is 1. The molecule has 4 nitrogen and oxygen atoms in total. The number of benzene rings is 2. The van der Waals surface area contributed by atoms with Crippen molar-refractivity contribution >= 4 is 21.6 Å². The highest BCUT2D eigenvalue weighted by molar-refractivity contribution is 7.89. The molecule has 2 aromatic carbocycles. The number of nitrogens with one attached hydrogen (secondary N) is 1. The van der Waals surface area contributed by atoms with Gasteiger partial charge in [0.1, 0.15) is 4.90 Å². The number of aliphatic hydroxyl groups is 1. The number of hydrogen-bond acceptors (Lipinski definition) is 3. The lowest BCUT2D eigenvalue weighted by Crippen LogP contribution is -2.34. The van der Waals surface area contributed by atoms with Crippen LogP contribution in [0.25, 0.3) is 0 Å². The summed E-state index contributed by atoms with van der Waals surface area (Å²) < 4.78 is 27.2. The molecule has 2 N–H and O–H groups in total. The average molecular weight is 340 g/mol. The molecule has 2 atom stereocenters. The van der Waals surface area contributed by atoms with Crippen molar-refractivity contribution in [2.45, 2.75) is 30.4 Å². The zero-order chi connectivity index (χ0) is 16.2. The predicted octanol–water partition coefficient (Wildman–Crippen LogP) is 3.13. The molecule has 2 unspecified atom stereocenters. The first kappa shape index (κ1) is 17.0. The summed E-state index contributed by atoms with van der Waals surface area (Å²) in [4.78, 5) is 0.0396. The topological polar surface area (TPSA) is 66.4 Å². The minimum absolute atomic E-state index is 0.0396. The first-order valence-corrected chi connectivity index (χ1v) is 8.76. The van der Waals surface area contributed by atoms with E-state index < -0.39 is 22.2 Å². The van der Waals surface area contributed by atoms with Crippen LogP contribution in [-0.4, -0.2) is 19.6 Å². The van der Waals surface area contributed by atoms with Crippen LogP contribution in [0.1, 0.15) is 25.0 Å². The Morgan fingerprint density at radius 1 is 1.09 bits per heavy atom. The van der Waals surface area contributed by atoms with Gasteiger partial charge in [-0.1, -0.05) is 54.1 Å². The van der Waals surface area contributed by atoms with Gasteiger partial charge >= 0.3 is 0 Å². The third-order valence-corrected chi connectivity index (χ3v) is 5.33. The molecule has 0 radical (unpaired) electrons. The molecule has 0 amide bonds. The van der Waals surface area contributed by atoms with E-state index in [2.05, 4.69) is 4.72 Å². The van der Waals surface area contributed by atoms with Gasteiger partial charge in [-0.2, -0.15) is 0 Å². The molecular weight excluding hydrogens is 322 g/mol. The van der Waals surface area contributed by atoms with Gasteiger partial charge in [0.15, 0.2) is 0 Å². The highest BCUT2D eigenvalue weighted by atomic mass is 35.5. The van der Waals surface area contributed by atoms with Crippen molar-refractivity contribution < 1.29 is 13.5 Å². The molecule has 2 aromatic rings. The van der Waals surface area contributed by atoms with Crippen molar-refractivity contribution in [2.75, 3.05) is 0 Å². The summed E-state index contributed by atoms with van der Waals surface area (Å²) >= 11 is 5.93. The summed E-state index contributed by atoms with van der Waals surface area (Å²) in [5, 5.41) is 10.3. The summed E-state index contributed by atoms with van der Waals surface area (Å²) in [6.45, 7) is 1.71. The first-order valence-electron chi connectivity index (χ1n) is 6.90. The van der Waals surface area contributed by atoms with Crippen LogP contribution < -0.4 is 4.72 Å². The zero-order valence-electron chi connectivity index (χ0n) is 12.1. The van der Waals surface area contributed by atoms with E-state index in [4.69, 9.17) is 11.6 Å². The summed E-state index contributed by atoms with van der Waals surface area (Å²) in [6, 6.07) is 15.0. The van der Waals surface area contributed by atoms with Gasteiger partial charge in [0, 0.05) is 6.04 Å². The van der Waals surface area contributed by atoms with E-state index >= 15 is 0 Å². The molecule has 0 aliphatic rings. The van der Waals surface area contributed by atoms with E-state index in [-0.39, 0.29) is 16.3 Å². The molecule has 2 rings (SSSR count). The maximum absolute atomic E-state index is 12.3. The largest absolute Gasteiger partial charge is 0.388 e. The minimum atomic E-state index is -3.71. The quantitative estimate of drug-likeness (QED) is 0.849. The van der Waals surface area contributed by atoms with Crippen molar-refractivity contribution in [2.24, 2.45) is 0 Å².